The second-order valence-corrected chi connectivity index (χ2v) is 4.67. The van der Waals surface area contributed by atoms with E-state index in [9.17, 15) is 0 Å². The van der Waals surface area contributed by atoms with Crippen molar-refractivity contribution >= 4 is 36.7 Å². The van der Waals surface area contributed by atoms with Crippen LogP contribution in [0.5, 0.6) is 0 Å². The lowest BCUT2D eigenvalue weighted by Gasteiger charge is -2.08. The highest BCUT2D eigenvalue weighted by atomic mass is 16.5. The molecule has 7 radical (unpaired) electrons. The van der Waals surface area contributed by atoms with E-state index in [2.05, 4.69) is 27.7 Å². The molecule has 0 bridgehead atoms. The molecule has 18 heavy (non-hydrogen) atoms. The molecule has 0 fully saturated rings. The van der Waals surface area contributed by atoms with Crippen molar-refractivity contribution in [2.75, 3.05) is 13.2 Å². The summed E-state index contributed by atoms with van der Waals surface area (Å²) in [7, 11) is 15.8. The normalized spacial score (nSPS) is 10.1. The van der Waals surface area contributed by atoms with Gasteiger partial charge in [0.25, 0.3) is 0 Å². The number of rotatable bonds is 9. The Morgan fingerprint density at radius 1 is 0.889 bits per heavy atom. The van der Waals surface area contributed by atoms with Gasteiger partial charge in [-0.25, -0.2) is 0 Å². The largest absolute Gasteiger partial charge is 0.379 e. The van der Waals surface area contributed by atoms with Crippen LogP contribution in [0.15, 0.2) is 0 Å². The fourth-order valence-corrected chi connectivity index (χ4v) is 1.02. The second-order valence-electron chi connectivity index (χ2n) is 4.67. The number of hydrogen-bond acceptors (Lipinski definition) is 2. The van der Waals surface area contributed by atoms with E-state index in [4.69, 9.17) is 32.7 Å². The van der Waals surface area contributed by atoms with Gasteiger partial charge in [-0.15, -0.1) is 0 Å². The highest BCUT2D eigenvalue weighted by Crippen LogP contribution is 1.99. The van der Waals surface area contributed by atoms with Crippen molar-refractivity contribution in [3.8, 4) is 0 Å². The van der Waals surface area contributed by atoms with Crippen molar-refractivity contribution in [3.05, 3.63) is 0 Å². The van der Waals surface area contributed by atoms with Crippen molar-refractivity contribution in [2.24, 2.45) is 0 Å². The molecule has 0 saturated carbocycles. The van der Waals surface area contributed by atoms with Crippen molar-refractivity contribution in [2.45, 2.75) is 59.2 Å². The van der Waals surface area contributed by atoms with Crippen LogP contribution in [0.4, 0.5) is 0 Å². The maximum Gasteiger partial charge on any atom is 0.0518 e. The Balaban J connectivity index is 0. The van der Waals surface area contributed by atoms with Crippen molar-refractivity contribution in [3.63, 3.8) is 0 Å². The zero-order chi connectivity index (χ0) is 14.4. The lowest BCUT2D eigenvalue weighted by atomic mass is 8.97. The van der Waals surface area contributed by atoms with E-state index in [1.165, 1.54) is 13.5 Å². The fraction of sp³-hybridized carbons (Fsp3) is 1.00. The first-order chi connectivity index (χ1) is 8.40. The SMILES string of the molecule is CC(C)OCCCCCOC(C)C.[B][B]B([B])[B]. The summed E-state index contributed by atoms with van der Waals surface area (Å²) in [6, 6.07) is 0. The minimum absolute atomic E-state index is 0.368. The van der Waals surface area contributed by atoms with Gasteiger partial charge in [0.1, 0.15) is 0 Å². The van der Waals surface area contributed by atoms with Crippen LogP contribution in [0, 0.1) is 0 Å². The molecule has 0 heterocycles. The van der Waals surface area contributed by atoms with Gasteiger partial charge in [-0.05, 0) is 47.0 Å². The molecule has 0 aromatic heterocycles. The summed E-state index contributed by atoms with van der Waals surface area (Å²) in [6.07, 6.45) is 3.78. The third-order valence-corrected chi connectivity index (χ3v) is 1.91. The Morgan fingerprint density at radius 2 is 1.22 bits per heavy atom. The van der Waals surface area contributed by atoms with Gasteiger partial charge < -0.3 is 9.47 Å². The lowest BCUT2D eigenvalue weighted by Crippen LogP contribution is -2.23. The minimum Gasteiger partial charge on any atom is -0.379 e. The molecule has 0 spiro atoms. The fourth-order valence-electron chi connectivity index (χ4n) is 1.02. The minimum atomic E-state index is -0.463. The molecule has 0 aliphatic rings. The third kappa shape index (κ3) is 25.2. The van der Waals surface area contributed by atoms with Crippen LogP contribution in [0.3, 0.4) is 0 Å². The maximum atomic E-state index is 5.43. The molecule has 0 unspecified atom stereocenters. The molecular formula is C11H24B5O2. The Kier molecular flexibility index (Phi) is 17.5. The number of hydrogen-bond donors (Lipinski definition) is 0. The van der Waals surface area contributed by atoms with Gasteiger partial charge in [0, 0.05) is 49.9 Å². The van der Waals surface area contributed by atoms with E-state index >= 15 is 0 Å². The van der Waals surface area contributed by atoms with Gasteiger partial charge in [-0.1, -0.05) is 0 Å². The molecule has 7 heteroatoms. The first kappa shape index (κ1) is 20.6. The molecule has 0 N–H and O–H groups in total. The van der Waals surface area contributed by atoms with E-state index in [1.54, 1.807) is 0 Å². The smallest absolute Gasteiger partial charge is 0.0518 e. The van der Waals surface area contributed by atoms with Crippen LogP contribution in [-0.2, 0) is 9.47 Å². The molecule has 0 aliphatic carbocycles. The van der Waals surface area contributed by atoms with Crippen LogP contribution in [-0.4, -0.2) is 62.1 Å². The number of unbranched alkanes of at least 4 members (excludes halogenated alkanes) is 2. The first-order valence-electron chi connectivity index (χ1n) is 6.69. The molecule has 0 aliphatic heterocycles. The van der Waals surface area contributed by atoms with E-state index in [-0.39, 0.29) is 0 Å². The molecule has 0 atom stereocenters. The van der Waals surface area contributed by atoms with E-state index < -0.39 is 6.39 Å². The average Bonchev–Trinajstić information content (AvgIpc) is 2.27. The van der Waals surface area contributed by atoms with Gasteiger partial charge in [-0.2, -0.15) is 0 Å². The predicted octanol–water partition coefficient (Wildman–Crippen LogP) is 1.10. The summed E-state index contributed by atoms with van der Waals surface area (Å²) >= 11 is 0. The van der Waals surface area contributed by atoms with Gasteiger partial charge in [0.05, 0.1) is 12.2 Å². The van der Waals surface area contributed by atoms with Crippen LogP contribution in [0.25, 0.3) is 0 Å². The third-order valence-electron chi connectivity index (χ3n) is 1.91. The Labute approximate surface area is 119 Å². The van der Waals surface area contributed by atoms with Crippen LogP contribution >= 0.6 is 0 Å². The summed E-state index contributed by atoms with van der Waals surface area (Å²) in [4.78, 5) is 0. The predicted molar refractivity (Wildman–Crippen MR) is 84.8 cm³/mol. The van der Waals surface area contributed by atoms with Gasteiger partial charge in [-0.3, -0.25) is 0 Å². The zero-order valence-electron chi connectivity index (χ0n) is 12.4. The second kappa shape index (κ2) is 15.3. The standard InChI is InChI=1S/C11H24O2.B5/c1-10(2)12-8-6-5-7-9-13-11(3)4;1-4-5(2)3/h10-11H,5-9H2,1-4H3;. The summed E-state index contributed by atoms with van der Waals surface area (Å²) in [6.45, 7) is 10.1. The first-order valence-corrected chi connectivity index (χ1v) is 6.69. The van der Waals surface area contributed by atoms with Gasteiger partial charge >= 0.3 is 0 Å². The summed E-state index contributed by atoms with van der Waals surface area (Å²) in [5.41, 5.74) is 0. The monoisotopic (exact) mass is 243 g/mol. The molecule has 95 valence electrons. The van der Waals surface area contributed by atoms with Gasteiger partial charge in [0.2, 0.25) is 0 Å². The molecular weight excluding hydrogens is 218 g/mol. The molecule has 0 saturated heterocycles. The van der Waals surface area contributed by atoms with E-state index in [1.807, 2.05) is 0 Å². The quantitative estimate of drug-likeness (QED) is 0.445. The molecule has 0 rings (SSSR count). The Hall–Kier alpha value is 0.245. The number of ether oxygens (including phenoxy) is 2. The van der Waals surface area contributed by atoms with Crippen LogP contribution in [0.2, 0.25) is 0 Å². The van der Waals surface area contributed by atoms with Crippen molar-refractivity contribution < 1.29 is 9.47 Å². The van der Waals surface area contributed by atoms with E-state index in [0.717, 1.165) is 26.1 Å². The van der Waals surface area contributed by atoms with Crippen LogP contribution < -0.4 is 0 Å². The van der Waals surface area contributed by atoms with Crippen molar-refractivity contribution in [1.82, 2.24) is 0 Å². The van der Waals surface area contributed by atoms with E-state index in [0.29, 0.717) is 12.2 Å². The molecule has 0 aromatic rings. The summed E-state index contributed by atoms with van der Waals surface area (Å²) < 4.78 is 10.9. The van der Waals surface area contributed by atoms with Crippen LogP contribution in [0.1, 0.15) is 47.0 Å². The Morgan fingerprint density at radius 3 is 1.44 bits per heavy atom. The molecule has 0 aromatic carbocycles. The summed E-state index contributed by atoms with van der Waals surface area (Å²) in [5, 5.41) is 0. The maximum absolute atomic E-state index is 5.43. The highest BCUT2D eigenvalue weighted by molar-refractivity contribution is 7.60. The highest BCUT2D eigenvalue weighted by Gasteiger charge is 1.95. The van der Waals surface area contributed by atoms with Gasteiger partial charge in [0.15, 0.2) is 0 Å². The lowest BCUT2D eigenvalue weighted by molar-refractivity contribution is 0.0633. The van der Waals surface area contributed by atoms with Crippen molar-refractivity contribution in [1.29, 1.82) is 0 Å². The Bertz CT molecular complexity index is 144. The average molecular weight is 242 g/mol. The topological polar surface area (TPSA) is 18.5 Å². The molecule has 0 amide bonds. The molecule has 2 nitrogen and oxygen atoms in total. The zero-order valence-corrected chi connectivity index (χ0v) is 12.4. The summed E-state index contributed by atoms with van der Waals surface area (Å²) in [5.74, 6) is 0.